The van der Waals surface area contributed by atoms with Gasteiger partial charge in [-0.3, -0.25) is 0 Å². The molecule has 0 N–H and O–H groups in total. The second-order valence-electron chi connectivity index (χ2n) is 12.4. The molecule has 5 nitrogen and oxygen atoms in total. The van der Waals surface area contributed by atoms with Gasteiger partial charge in [-0.05, 0) is 47.5 Å². The first kappa shape index (κ1) is 28.2. The number of hydrogen-bond donors (Lipinski definition) is 0. The van der Waals surface area contributed by atoms with Gasteiger partial charge in [-0.2, -0.15) is 0 Å². The molecular weight excluding hydrogens is 613 g/mol. The molecule has 0 bridgehead atoms. The first-order valence-electron chi connectivity index (χ1n) is 16.7. The van der Waals surface area contributed by atoms with E-state index in [1.165, 1.54) is 16.3 Å². The Kier molecular flexibility index (Phi) is 6.42. The fourth-order valence-corrected chi connectivity index (χ4v) is 7.10. The van der Waals surface area contributed by atoms with Crippen LogP contribution in [0, 0.1) is 0 Å². The van der Waals surface area contributed by atoms with E-state index in [1.807, 2.05) is 72.8 Å². The van der Waals surface area contributed by atoms with Gasteiger partial charge in [0.25, 0.3) is 0 Å². The molecule has 0 radical (unpaired) electrons. The van der Waals surface area contributed by atoms with Crippen molar-refractivity contribution < 1.29 is 4.42 Å². The summed E-state index contributed by atoms with van der Waals surface area (Å²) in [4.78, 5) is 14.6. The second-order valence-corrected chi connectivity index (χ2v) is 12.4. The Labute approximate surface area is 287 Å². The Hall–Kier alpha value is -6.85. The molecule has 0 atom stereocenters. The van der Waals surface area contributed by atoms with E-state index in [2.05, 4.69) is 102 Å². The highest BCUT2D eigenvalue weighted by Crippen LogP contribution is 2.41. The summed E-state index contributed by atoms with van der Waals surface area (Å²) in [6.45, 7) is 0. The highest BCUT2D eigenvalue weighted by Gasteiger charge is 2.18. The van der Waals surface area contributed by atoms with Gasteiger partial charge in [0, 0.05) is 43.9 Å². The summed E-state index contributed by atoms with van der Waals surface area (Å²) < 4.78 is 8.61. The maximum absolute atomic E-state index is 6.26. The molecule has 0 amide bonds. The van der Waals surface area contributed by atoms with Crippen LogP contribution in [0.4, 0.5) is 0 Å². The lowest BCUT2D eigenvalue weighted by Crippen LogP contribution is -2.00. The van der Waals surface area contributed by atoms with Crippen molar-refractivity contribution in [1.29, 1.82) is 0 Å². The predicted molar refractivity (Wildman–Crippen MR) is 203 cm³/mol. The molecule has 3 heterocycles. The molecule has 3 aromatic heterocycles. The van der Waals surface area contributed by atoms with Crippen LogP contribution in [0.1, 0.15) is 0 Å². The normalized spacial score (nSPS) is 11.6. The van der Waals surface area contributed by atoms with Crippen LogP contribution in [0.3, 0.4) is 0 Å². The van der Waals surface area contributed by atoms with E-state index in [9.17, 15) is 0 Å². The monoisotopic (exact) mass is 640 g/mol. The van der Waals surface area contributed by atoms with Crippen LogP contribution in [-0.4, -0.2) is 19.5 Å². The first-order valence-corrected chi connectivity index (χ1v) is 16.7. The molecule has 5 heteroatoms. The average molecular weight is 641 g/mol. The minimum atomic E-state index is 0.644. The lowest BCUT2D eigenvalue weighted by Gasteiger charge is -2.10. The number of aromatic nitrogens is 4. The minimum absolute atomic E-state index is 0.644. The number of para-hydroxylation sites is 2. The van der Waals surface area contributed by atoms with Crippen molar-refractivity contribution in [1.82, 2.24) is 19.5 Å². The van der Waals surface area contributed by atoms with Crippen LogP contribution < -0.4 is 0 Å². The largest absolute Gasteiger partial charge is 0.456 e. The van der Waals surface area contributed by atoms with Crippen molar-refractivity contribution in [2.24, 2.45) is 0 Å². The predicted octanol–water partition coefficient (Wildman–Crippen LogP) is 11.5. The molecule has 10 aromatic rings. The molecule has 10 rings (SSSR count). The second kappa shape index (κ2) is 11.4. The van der Waals surface area contributed by atoms with Crippen molar-refractivity contribution in [3.63, 3.8) is 0 Å². The fraction of sp³-hybridized carbons (Fsp3) is 0. The molecule has 0 saturated carbocycles. The zero-order valence-electron chi connectivity index (χ0n) is 26.9. The third-order valence-corrected chi connectivity index (χ3v) is 9.48. The van der Waals surface area contributed by atoms with Crippen molar-refractivity contribution in [2.45, 2.75) is 0 Å². The zero-order valence-corrected chi connectivity index (χ0v) is 26.9. The van der Waals surface area contributed by atoms with E-state index < -0.39 is 0 Å². The summed E-state index contributed by atoms with van der Waals surface area (Å²) in [6.07, 6.45) is 0. The standard InChI is InChI=1S/C45H28N4O/c1-3-11-31(12-4-1)43-46-44(32-13-5-2-6-14-32)48-45(47-43)33-21-19-29(20-22-33)30-23-25-34(26-24-30)49-37-17-9-7-15-35(37)41-38(49)27-28-40-42(41)36-16-8-10-18-39(36)50-40/h1-28H. The Bertz CT molecular complexity index is 2780. The summed E-state index contributed by atoms with van der Waals surface area (Å²) >= 11 is 0. The van der Waals surface area contributed by atoms with Gasteiger partial charge in [0.15, 0.2) is 17.5 Å². The van der Waals surface area contributed by atoms with Crippen molar-refractivity contribution >= 4 is 43.7 Å². The Morgan fingerprint density at radius 3 is 1.48 bits per heavy atom. The summed E-state index contributed by atoms with van der Waals surface area (Å²) in [5.41, 5.74) is 10.3. The fourth-order valence-electron chi connectivity index (χ4n) is 7.10. The Morgan fingerprint density at radius 2 is 0.840 bits per heavy atom. The average Bonchev–Trinajstić information content (AvgIpc) is 3.74. The number of rotatable bonds is 5. The highest BCUT2D eigenvalue weighted by atomic mass is 16.3. The molecule has 50 heavy (non-hydrogen) atoms. The first-order chi connectivity index (χ1) is 24.8. The maximum atomic E-state index is 6.26. The summed E-state index contributed by atoms with van der Waals surface area (Å²) in [7, 11) is 0. The molecule has 0 aliphatic carbocycles. The Morgan fingerprint density at radius 1 is 0.340 bits per heavy atom. The molecule has 0 aliphatic rings. The van der Waals surface area contributed by atoms with Crippen molar-refractivity contribution in [2.75, 3.05) is 0 Å². The topological polar surface area (TPSA) is 56.7 Å². The number of hydrogen-bond acceptors (Lipinski definition) is 4. The lowest BCUT2D eigenvalue weighted by atomic mass is 10.0. The third kappa shape index (κ3) is 4.60. The van der Waals surface area contributed by atoms with Gasteiger partial charge < -0.3 is 8.98 Å². The van der Waals surface area contributed by atoms with E-state index in [1.54, 1.807) is 0 Å². The number of furan rings is 1. The molecule has 0 aliphatic heterocycles. The van der Waals surface area contributed by atoms with Crippen molar-refractivity contribution in [3.05, 3.63) is 170 Å². The maximum Gasteiger partial charge on any atom is 0.164 e. The molecule has 0 spiro atoms. The minimum Gasteiger partial charge on any atom is -0.456 e. The van der Waals surface area contributed by atoms with Gasteiger partial charge in [-0.25, -0.2) is 15.0 Å². The molecule has 0 fully saturated rings. The Balaban J connectivity index is 1.03. The van der Waals surface area contributed by atoms with Gasteiger partial charge in [0.05, 0.1) is 11.0 Å². The van der Waals surface area contributed by atoms with Gasteiger partial charge in [0.1, 0.15) is 11.2 Å². The van der Waals surface area contributed by atoms with Crippen LogP contribution in [0.2, 0.25) is 0 Å². The summed E-state index contributed by atoms with van der Waals surface area (Å²) in [6, 6.07) is 58.6. The summed E-state index contributed by atoms with van der Waals surface area (Å²) in [5, 5.41) is 4.73. The van der Waals surface area contributed by atoms with Gasteiger partial charge in [0.2, 0.25) is 0 Å². The lowest BCUT2D eigenvalue weighted by molar-refractivity contribution is 0.669. The van der Waals surface area contributed by atoms with Gasteiger partial charge >= 0.3 is 0 Å². The molecule has 0 saturated heterocycles. The van der Waals surface area contributed by atoms with Crippen LogP contribution in [-0.2, 0) is 0 Å². The summed E-state index contributed by atoms with van der Waals surface area (Å²) in [5.74, 6) is 1.95. The number of fused-ring (bicyclic) bond motifs is 7. The molecule has 7 aromatic carbocycles. The third-order valence-electron chi connectivity index (χ3n) is 9.48. The van der Waals surface area contributed by atoms with Gasteiger partial charge in [-0.1, -0.05) is 133 Å². The number of benzene rings is 7. The van der Waals surface area contributed by atoms with Crippen LogP contribution >= 0.6 is 0 Å². The van der Waals surface area contributed by atoms with E-state index in [0.717, 1.165) is 61.0 Å². The van der Waals surface area contributed by atoms with E-state index in [4.69, 9.17) is 19.4 Å². The quantitative estimate of drug-likeness (QED) is 0.188. The van der Waals surface area contributed by atoms with E-state index in [-0.39, 0.29) is 0 Å². The van der Waals surface area contributed by atoms with Crippen molar-refractivity contribution in [3.8, 4) is 51.0 Å². The SMILES string of the molecule is c1ccc(-c2nc(-c3ccccc3)nc(-c3ccc(-c4ccc(-n5c6ccccc6c6c7c(ccc65)oc5ccccc57)cc4)cc3)n2)cc1. The van der Waals surface area contributed by atoms with E-state index >= 15 is 0 Å². The smallest absolute Gasteiger partial charge is 0.164 e. The zero-order chi connectivity index (χ0) is 33.0. The number of nitrogens with zero attached hydrogens (tertiary/aromatic N) is 4. The van der Waals surface area contributed by atoms with Crippen LogP contribution in [0.25, 0.3) is 94.7 Å². The van der Waals surface area contributed by atoms with Crippen LogP contribution in [0.15, 0.2) is 174 Å². The van der Waals surface area contributed by atoms with Gasteiger partial charge in [-0.15, -0.1) is 0 Å². The highest BCUT2D eigenvalue weighted by molar-refractivity contribution is 6.27. The molecule has 234 valence electrons. The van der Waals surface area contributed by atoms with E-state index in [0.29, 0.717) is 17.5 Å². The van der Waals surface area contributed by atoms with Crippen LogP contribution in [0.5, 0.6) is 0 Å². The molecule has 0 unspecified atom stereocenters. The molecular formula is C45H28N4O.